The van der Waals surface area contributed by atoms with Crippen LogP contribution < -0.4 is 5.32 Å². The molecule has 2 aromatic heterocycles. The highest BCUT2D eigenvalue weighted by molar-refractivity contribution is 6.04. The van der Waals surface area contributed by atoms with Crippen molar-refractivity contribution in [3.8, 4) is 11.4 Å². The lowest BCUT2D eigenvalue weighted by Gasteiger charge is -2.11. The maximum atomic E-state index is 12.8. The van der Waals surface area contributed by atoms with Gasteiger partial charge >= 0.3 is 0 Å². The topological polar surface area (TPSA) is 64.7 Å². The molecule has 0 bridgehead atoms. The number of carbonyl (C=O) groups excluding carboxylic acids is 1. The van der Waals surface area contributed by atoms with E-state index < -0.39 is 0 Å². The van der Waals surface area contributed by atoms with E-state index >= 15 is 0 Å². The van der Waals surface area contributed by atoms with Crippen molar-refractivity contribution < 1.29 is 4.79 Å². The number of anilines is 1. The van der Waals surface area contributed by atoms with Crippen molar-refractivity contribution >= 4 is 11.7 Å². The van der Waals surface area contributed by atoms with Gasteiger partial charge < -0.3 is 5.32 Å². The van der Waals surface area contributed by atoms with Crippen LogP contribution in [0.2, 0.25) is 0 Å². The highest BCUT2D eigenvalue weighted by Gasteiger charge is 2.12. The van der Waals surface area contributed by atoms with Gasteiger partial charge in [0, 0.05) is 17.8 Å². The molecule has 4 aromatic rings. The minimum absolute atomic E-state index is 0.198. The first kappa shape index (κ1) is 16.8. The third-order valence-electron chi connectivity index (χ3n) is 4.32. The van der Waals surface area contributed by atoms with Crippen LogP contribution >= 0.6 is 0 Å². The lowest BCUT2D eigenvalue weighted by atomic mass is 10.2. The lowest BCUT2D eigenvalue weighted by Crippen LogP contribution is -2.16. The number of aromatic nitrogens is 4. The van der Waals surface area contributed by atoms with Crippen molar-refractivity contribution in [3.63, 3.8) is 0 Å². The van der Waals surface area contributed by atoms with E-state index in [1.807, 2.05) is 68.6 Å². The molecule has 0 fully saturated rings. The summed E-state index contributed by atoms with van der Waals surface area (Å²) < 4.78 is 3.48. The van der Waals surface area contributed by atoms with E-state index in [2.05, 4.69) is 15.5 Å². The van der Waals surface area contributed by atoms with Gasteiger partial charge in [-0.05, 0) is 49.7 Å². The van der Waals surface area contributed by atoms with E-state index in [0.717, 1.165) is 22.6 Å². The van der Waals surface area contributed by atoms with Crippen molar-refractivity contribution in [2.75, 3.05) is 5.32 Å². The van der Waals surface area contributed by atoms with Crippen molar-refractivity contribution in [1.29, 1.82) is 0 Å². The first-order chi connectivity index (χ1) is 13.1. The summed E-state index contributed by atoms with van der Waals surface area (Å²) in [4.78, 5) is 12.8. The van der Waals surface area contributed by atoms with Crippen LogP contribution in [0.25, 0.3) is 11.4 Å². The number of rotatable bonds is 4. The average molecular weight is 357 g/mol. The summed E-state index contributed by atoms with van der Waals surface area (Å²) in [5.41, 5.74) is 4.32. The Balaban J connectivity index is 1.61. The number of nitrogens with one attached hydrogen (secondary N) is 1. The standard InChI is InChI=1S/C21H19N5O/c1-15-6-3-4-9-19(15)26-20(10-12-22-26)23-21(27)17-7-5-8-18(14-17)25-13-11-16(2)24-25/h3-14H,1-2H3,(H,23,27). The molecular formula is C21H19N5O. The molecule has 2 heterocycles. The Morgan fingerprint density at radius 3 is 2.63 bits per heavy atom. The second kappa shape index (κ2) is 6.92. The van der Waals surface area contributed by atoms with Gasteiger partial charge in [0.2, 0.25) is 0 Å². The molecule has 0 aliphatic rings. The molecule has 27 heavy (non-hydrogen) atoms. The van der Waals surface area contributed by atoms with Gasteiger partial charge in [-0.15, -0.1) is 0 Å². The molecule has 0 saturated carbocycles. The zero-order valence-corrected chi connectivity index (χ0v) is 15.1. The molecule has 2 aromatic carbocycles. The first-order valence-corrected chi connectivity index (χ1v) is 8.66. The molecule has 0 aliphatic carbocycles. The van der Waals surface area contributed by atoms with E-state index in [9.17, 15) is 4.79 Å². The molecule has 0 unspecified atom stereocenters. The number of hydrogen-bond acceptors (Lipinski definition) is 3. The van der Waals surface area contributed by atoms with E-state index in [-0.39, 0.29) is 5.91 Å². The molecule has 134 valence electrons. The quantitative estimate of drug-likeness (QED) is 0.602. The molecule has 1 amide bonds. The number of amides is 1. The van der Waals surface area contributed by atoms with E-state index in [1.54, 1.807) is 27.7 Å². The van der Waals surface area contributed by atoms with Crippen molar-refractivity contribution in [3.05, 3.63) is 89.9 Å². The third-order valence-corrected chi connectivity index (χ3v) is 4.32. The Labute approximate surface area is 157 Å². The molecule has 6 heteroatoms. The largest absolute Gasteiger partial charge is 0.306 e. The maximum absolute atomic E-state index is 12.8. The number of hydrogen-bond donors (Lipinski definition) is 1. The second-order valence-corrected chi connectivity index (χ2v) is 6.32. The van der Waals surface area contributed by atoms with E-state index in [4.69, 9.17) is 0 Å². The molecule has 0 atom stereocenters. The Kier molecular flexibility index (Phi) is 4.30. The molecule has 0 aliphatic heterocycles. The van der Waals surface area contributed by atoms with Gasteiger partial charge in [0.25, 0.3) is 5.91 Å². The number of carbonyl (C=O) groups is 1. The predicted octanol–water partition coefficient (Wildman–Crippen LogP) is 3.93. The highest BCUT2D eigenvalue weighted by atomic mass is 16.1. The van der Waals surface area contributed by atoms with Gasteiger partial charge in [0.05, 0.1) is 23.3 Å². The Hall–Kier alpha value is -3.67. The van der Waals surface area contributed by atoms with Gasteiger partial charge in [-0.1, -0.05) is 24.3 Å². The molecule has 0 saturated heterocycles. The normalized spacial score (nSPS) is 10.7. The summed E-state index contributed by atoms with van der Waals surface area (Å²) in [5, 5.41) is 11.7. The SMILES string of the molecule is Cc1ccn(-c2cccc(C(=O)Nc3ccnn3-c3ccccc3C)c2)n1. The molecule has 0 radical (unpaired) electrons. The maximum Gasteiger partial charge on any atom is 0.256 e. The highest BCUT2D eigenvalue weighted by Crippen LogP contribution is 2.19. The third kappa shape index (κ3) is 3.37. The molecule has 6 nitrogen and oxygen atoms in total. The number of para-hydroxylation sites is 1. The van der Waals surface area contributed by atoms with Crippen LogP contribution in [0.1, 0.15) is 21.6 Å². The predicted molar refractivity (Wildman–Crippen MR) is 105 cm³/mol. The molecule has 1 N–H and O–H groups in total. The minimum Gasteiger partial charge on any atom is -0.306 e. The van der Waals surface area contributed by atoms with Crippen LogP contribution in [0, 0.1) is 13.8 Å². The van der Waals surface area contributed by atoms with Gasteiger partial charge in [-0.2, -0.15) is 10.2 Å². The fourth-order valence-electron chi connectivity index (χ4n) is 2.93. The fourth-order valence-corrected chi connectivity index (χ4v) is 2.93. The summed E-state index contributed by atoms with van der Waals surface area (Å²) in [6, 6.07) is 19.0. The number of benzene rings is 2. The average Bonchev–Trinajstić information content (AvgIpc) is 3.31. The van der Waals surface area contributed by atoms with Gasteiger partial charge in [-0.3, -0.25) is 4.79 Å². The number of aryl methyl sites for hydroxylation is 2. The van der Waals surface area contributed by atoms with Crippen LogP contribution in [-0.4, -0.2) is 25.5 Å². The summed E-state index contributed by atoms with van der Waals surface area (Å²) in [7, 11) is 0. The van der Waals surface area contributed by atoms with Crippen molar-refractivity contribution in [1.82, 2.24) is 19.6 Å². The summed E-state index contributed by atoms with van der Waals surface area (Å²) in [6.45, 7) is 3.94. The Bertz CT molecular complexity index is 1110. The molecule has 4 rings (SSSR count). The number of nitrogens with zero attached hydrogens (tertiary/aromatic N) is 4. The van der Waals surface area contributed by atoms with Gasteiger partial charge in [-0.25, -0.2) is 9.36 Å². The summed E-state index contributed by atoms with van der Waals surface area (Å²) in [6.07, 6.45) is 3.55. The van der Waals surface area contributed by atoms with Crippen LogP contribution in [0.5, 0.6) is 0 Å². The zero-order chi connectivity index (χ0) is 18.8. The van der Waals surface area contributed by atoms with Crippen LogP contribution in [0.4, 0.5) is 5.82 Å². The second-order valence-electron chi connectivity index (χ2n) is 6.32. The zero-order valence-electron chi connectivity index (χ0n) is 15.1. The van der Waals surface area contributed by atoms with E-state index in [1.165, 1.54) is 0 Å². The Morgan fingerprint density at radius 1 is 1.00 bits per heavy atom. The monoisotopic (exact) mass is 357 g/mol. The minimum atomic E-state index is -0.198. The van der Waals surface area contributed by atoms with Crippen molar-refractivity contribution in [2.24, 2.45) is 0 Å². The van der Waals surface area contributed by atoms with Crippen LogP contribution in [-0.2, 0) is 0 Å². The van der Waals surface area contributed by atoms with Crippen LogP contribution in [0.3, 0.4) is 0 Å². The van der Waals surface area contributed by atoms with Gasteiger partial charge in [0.1, 0.15) is 5.82 Å². The summed E-state index contributed by atoms with van der Waals surface area (Å²) in [5.74, 6) is 0.422. The Morgan fingerprint density at radius 2 is 1.85 bits per heavy atom. The fraction of sp³-hybridized carbons (Fsp3) is 0.0952. The lowest BCUT2D eigenvalue weighted by molar-refractivity contribution is 0.102. The smallest absolute Gasteiger partial charge is 0.256 e. The molecule has 0 spiro atoms. The summed E-state index contributed by atoms with van der Waals surface area (Å²) >= 11 is 0. The van der Waals surface area contributed by atoms with Crippen LogP contribution in [0.15, 0.2) is 73.1 Å². The molecular weight excluding hydrogens is 338 g/mol. The first-order valence-electron chi connectivity index (χ1n) is 8.66. The van der Waals surface area contributed by atoms with Crippen molar-refractivity contribution in [2.45, 2.75) is 13.8 Å². The van der Waals surface area contributed by atoms with Gasteiger partial charge in [0.15, 0.2) is 0 Å². The van der Waals surface area contributed by atoms with E-state index in [0.29, 0.717) is 11.4 Å².